The maximum Gasteiger partial charge on any atom is 0.289 e. The predicted octanol–water partition coefficient (Wildman–Crippen LogP) is 2.95. The van der Waals surface area contributed by atoms with E-state index in [1.165, 1.54) is 6.26 Å². The number of carbonyl (C=O) groups is 1. The third kappa shape index (κ3) is 5.43. The van der Waals surface area contributed by atoms with Crippen molar-refractivity contribution >= 4 is 11.9 Å². The van der Waals surface area contributed by atoms with Crippen molar-refractivity contribution in [1.82, 2.24) is 15.1 Å². The number of hydrogen-bond acceptors (Lipinski definition) is 5. The van der Waals surface area contributed by atoms with E-state index < -0.39 is 0 Å². The summed E-state index contributed by atoms with van der Waals surface area (Å²) in [5, 5.41) is 3.37. The number of aliphatic imine (C=N–C) groups is 1. The lowest BCUT2D eigenvalue weighted by molar-refractivity contribution is 0.0657. The van der Waals surface area contributed by atoms with Crippen LogP contribution in [0.4, 0.5) is 0 Å². The third-order valence-corrected chi connectivity index (χ3v) is 5.32. The second-order valence-electron chi connectivity index (χ2n) is 7.41. The number of benzene rings is 1. The van der Waals surface area contributed by atoms with Crippen LogP contribution in [0, 0.1) is 0 Å². The van der Waals surface area contributed by atoms with E-state index in [1.807, 2.05) is 24.0 Å². The molecule has 1 amide bonds. The van der Waals surface area contributed by atoms with Gasteiger partial charge in [-0.1, -0.05) is 6.08 Å². The Labute approximate surface area is 189 Å². The van der Waals surface area contributed by atoms with Gasteiger partial charge in [-0.15, -0.1) is 6.58 Å². The van der Waals surface area contributed by atoms with Crippen LogP contribution in [0.5, 0.6) is 11.5 Å². The van der Waals surface area contributed by atoms with Gasteiger partial charge in [-0.25, -0.2) is 4.99 Å². The molecule has 2 aromatic rings. The number of carbonyl (C=O) groups excluding carboxylic acids is 1. The molecule has 1 aliphatic rings. The maximum absolute atomic E-state index is 12.5. The summed E-state index contributed by atoms with van der Waals surface area (Å²) in [7, 11) is 3.28. The van der Waals surface area contributed by atoms with Gasteiger partial charge in [0.2, 0.25) is 0 Å². The van der Waals surface area contributed by atoms with Crippen molar-refractivity contribution in [3.05, 3.63) is 60.1 Å². The summed E-state index contributed by atoms with van der Waals surface area (Å²) < 4.78 is 16.3. The van der Waals surface area contributed by atoms with E-state index in [2.05, 4.69) is 22.9 Å². The zero-order valence-electron chi connectivity index (χ0n) is 19.1. The third-order valence-electron chi connectivity index (χ3n) is 5.32. The van der Waals surface area contributed by atoms with Crippen LogP contribution in [-0.2, 0) is 13.0 Å². The van der Waals surface area contributed by atoms with Crippen molar-refractivity contribution in [3.8, 4) is 11.5 Å². The molecule has 0 saturated carbocycles. The maximum atomic E-state index is 12.5. The predicted molar refractivity (Wildman–Crippen MR) is 124 cm³/mol. The molecule has 172 valence electrons. The summed E-state index contributed by atoms with van der Waals surface area (Å²) in [6, 6.07) is 7.46. The zero-order valence-corrected chi connectivity index (χ0v) is 19.1. The van der Waals surface area contributed by atoms with Crippen LogP contribution in [0.1, 0.15) is 28.6 Å². The summed E-state index contributed by atoms with van der Waals surface area (Å²) in [5.41, 5.74) is 2.05. The van der Waals surface area contributed by atoms with Crippen molar-refractivity contribution in [1.29, 1.82) is 0 Å². The Morgan fingerprint density at radius 3 is 2.56 bits per heavy atom. The van der Waals surface area contributed by atoms with Gasteiger partial charge in [0.05, 0.1) is 27.0 Å². The molecule has 0 radical (unpaired) electrons. The Hall–Kier alpha value is -3.42. The average molecular weight is 441 g/mol. The number of furan rings is 1. The van der Waals surface area contributed by atoms with E-state index in [0.29, 0.717) is 50.7 Å². The fourth-order valence-corrected chi connectivity index (χ4v) is 3.77. The van der Waals surface area contributed by atoms with Gasteiger partial charge in [0.25, 0.3) is 5.91 Å². The summed E-state index contributed by atoms with van der Waals surface area (Å²) in [5.74, 6) is 2.55. The summed E-state index contributed by atoms with van der Waals surface area (Å²) in [6.07, 6.45) is 4.05. The molecule has 0 aliphatic carbocycles. The number of piperazine rings is 1. The lowest BCUT2D eigenvalue weighted by atomic mass is 10.1. The molecular formula is C24H32N4O4. The van der Waals surface area contributed by atoms with Crippen LogP contribution in [0.2, 0.25) is 0 Å². The minimum atomic E-state index is -0.0725. The molecule has 8 heteroatoms. The Balaban J connectivity index is 1.71. The van der Waals surface area contributed by atoms with Crippen LogP contribution in [0.25, 0.3) is 0 Å². The van der Waals surface area contributed by atoms with Gasteiger partial charge >= 0.3 is 0 Å². The first-order valence-electron chi connectivity index (χ1n) is 10.8. The van der Waals surface area contributed by atoms with Gasteiger partial charge in [0.1, 0.15) is 0 Å². The second-order valence-corrected chi connectivity index (χ2v) is 7.41. The molecule has 1 aliphatic heterocycles. The van der Waals surface area contributed by atoms with E-state index in [9.17, 15) is 4.79 Å². The van der Waals surface area contributed by atoms with Crippen molar-refractivity contribution in [2.24, 2.45) is 4.99 Å². The van der Waals surface area contributed by atoms with Gasteiger partial charge < -0.3 is 29.0 Å². The Kier molecular flexibility index (Phi) is 8.19. The highest BCUT2D eigenvalue weighted by Crippen LogP contribution is 2.33. The van der Waals surface area contributed by atoms with Crippen LogP contribution in [0.15, 0.2) is 52.6 Å². The molecule has 1 N–H and O–H groups in total. The van der Waals surface area contributed by atoms with E-state index >= 15 is 0 Å². The topological polar surface area (TPSA) is 79.5 Å². The SMILES string of the molecule is C=CCc1cc(CN=C(NCC)N2CCN(C(=O)c3ccco3)CC2)cc(OC)c1OC. The first-order chi connectivity index (χ1) is 15.6. The number of nitrogens with one attached hydrogen (secondary N) is 1. The van der Waals surface area contributed by atoms with Gasteiger partial charge in [-0.3, -0.25) is 4.79 Å². The number of guanidine groups is 1. The Morgan fingerprint density at radius 1 is 1.22 bits per heavy atom. The van der Waals surface area contributed by atoms with Gasteiger partial charge in [0.15, 0.2) is 23.2 Å². The van der Waals surface area contributed by atoms with E-state index in [4.69, 9.17) is 18.9 Å². The highest BCUT2D eigenvalue weighted by molar-refractivity contribution is 5.91. The van der Waals surface area contributed by atoms with E-state index in [1.54, 1.807) is 26.4 Å². The monoisotopic (exact) mass is 440 g/mol. The number of allylic oxidation sites excluding steroid dienone is 1. The molecule has 1 fully saturated rings. The molecule has 32 heavy (non-hydrogen) atoms. The van der Waals surface area contributed by atoms with Gasteiger partial charge in [0, 0.05) is 38.3 Å². The molecule has 0 unspecified atom stereocenters. The number of rotatable bonds is 8. The van der Waals surface area contributed by atoms with E-state index in [-0.39, 0.29) is 5.91 Å². The second kappa shape index (κ2) is 11.3. The molecule has 0 bridgehead atoms. The lowest BCUT2D eigenvalue weighted by Gasteiger charge is -2.36. The average Bonchev–Trinajstić information content (AvgIpc) is 3.36. The Morgan fingerprint density at radius 2 is 1.97 bits per heavy atom. The zero-order chi connectivity index (χ0) is 22.9. The number of ether oxygens (including phenoxy) is 2. The fourth-order valence-electron chi connectivity index (χ4n) is 3.77. The van der Waals surface area contributed by atoms with Crippen molar-refractivity contribution in [3.63, 3.8) is 0 Å². The van der Waals surface area contributed by atoms with Crippen molar-refractivity contribution in [2.75, 3.05) is 46.9 Å². The molecule has 0 atom stereocenters. The molecule has 2 heterocycles. The molecule has 1 aromatic heterocycles. The fraction of sp³-hybridized carbons (Fsp3) is 0.417. The molecule has 3 rings (SSSR count). The number of methoxy groups -OCH3 is 2. The number of hydrogen-bond donors (Lipinski definition) is 1. The van der Waals surface area contributed by atoms with Gasteiger partial charge in [-0.2, -0.15) is 0 Å². The molecule has 8 nitrogen and oxygen atoms in total. The molecule has 1 saturated heterocycles. The van der Waals surface area contributed by atoms with Crippen LogP contribution < -0.4 is 14.8 Å². The summed E-state index contributed by atoms with van der Waals surface area (Å²) >= 11 is 0. The van der Waals surface area contributed by atoms with Crippen LogP contribution >= 0.6 is 0 Å². The quantitative estimate of drug-likeness (QED) is 0.386. The van der Waals surface area contributed by atoms with E-state index in [0.717, 1.165) is 29.4 Å². The normalized spacial score (nSPS) is 14.3. The Bertz CT molecular complexity index is 932. The van der Waals surface area contributed by atoms with Crippen LogP contribution in [0.3, 0.4) is 0 Å². The minimum Gasteiger partial charge on any atom is -0.493 e. The molecule has 0 spiro atoms. The molecular weight excluding hydrogens is 408 g/mol. The van der Waals surface area contributed by atoms with Crippen LogP contribution in [-0.4, -0.2) is 68.6 Å². The van der Waals surface area contributed by atoms with Gasteiger partial charge in [-0.05, 0) is 43.2 Å². The highest BCUT2D eigenvalue weighted by atomic mass is 16.5. The largest absolute Gasteiger partial charge is 0.493 e. The summed E-state index contributed by atoms with van der Waals surface area (Å²) in [4.78, 5) is 21.4. The smallest absolute Gasteiger partial charge is 0.289 e. The first-order valence-corrected chi connectivity index (χ1v) is 10.8. The first kappa shape index (κ1) is 23.2. The molecule has 1 aromatic carbocycles. The number of nitrogens with zero attached hydrogens (tertiary/aromatic N) is 3. The van der Waals surface area contributed by atoms with Crippen molar-refractivity contribution < 1.29 is 18.7 Å². The summed E-state index contributed by atoms with van der Waals surface area (Å²) in [6.45, 7) is 9.77. The number of amides is 1. The lowest BCUT2D eigenvalue weighted by Crippen LogP contribution is -2.53. The van der Waals surface area contributed by atoms with Crippen molar-refractivity contribution in [2.45, 2.75) is 19.9 Å². The highest BCUT2D eigenvalue weighted by Gasteiger charge is 2.25. The standard InChI is InChI=1S/C24H32N4O4/c1-5-8-19-15-18(16-21(30-3)22(19)31-4)17-26-24(25-6-2)28-12-10-27(11-13-28)23(29)20-9-7-14-32-20/h5,7,9,14-16H,1,6,8,10-13,17H2,2-4H3,(H,25,26). The minimum absolute atomic E-state index is 0.0725.